The Hall–Kier alpha value is -1.22. The Morgan fingerprint density at radius 1 is 1.05 bits per heavy atom. The molecule has 19 heavy (non-hydrogen) atoms. The second-order valence-electron chi connectivity index (χ2n) is 4.98. The third-order valence-electron chi connectivity index (χ3n) is 3.22. The Bertz CT molecular complexity index is 377. The Kier molecular flexibility index (Phi) is 6.71. The molecule has 3 heteroatoms. The fourth-order valence-electron chi connectivity index (χ4n) is 2.26. The molecular formula is C16H27NO2. The van der Waals surface area contributed by atoms with E-state index >= 15 is 0 Å². The van der Waals surface area contributed by atoms with E-state index in [0.29, 0.717) is 25.0 Å². The summed E-state index contributed by atoms with van der Waals surface area (Å²) in [6.45, 7) is 10.8. The predicted octanol–water partition coefficient (Wildman–Crippen LogP) is 3.44. The average Bonchev–Trinajstić information content (AvgIpc) is 2.38. The maximum atomic E-state index is 5.69. The van der Waals surface area contributed by atoms with Gasteiger partial charge in [0.2, 0.25) is 0 Å². The van der Waals surface area contributed by atoms with Gasteiger partial charge < -0.3 is 14.8 Å². The zero-order valence-corrected chi connectivity index (χ0v) is 12.8. The maximum Gasteiger partial charge on any atom is 0.161 e. The van der Waals surface area contributed by atoms with Crippen molar-refractivity contribution in [3.05, 3.63) is 23.8 Å². The Balaban J connectivity index is 3.04. The molecule has 0 spiro atoms. The summed E-state index contributed by atoms with van der Waals surface area (Å²) in [6.07, 6.45) is 0. The van der Waals surface area contributed by atoms with Gasteiger partial charge in [0.15, 0.2) is 11.5 Å². The molecule has 1 aromatic rings. The second kappa shape index (κ2) is 8.05. The van der Waals surface area contributed by atoms with Gasteiger partial charge in [0.05, 0.1) is 13.2 Å². The van der Waals surface area contributed by atoms with Crippen LogP contribution in [0, 0.1) is 5.92 Å². The highest BCUT2D eigenvalue weighted by atomic mass is 16.5. The van der Waals surface area contributed by atoms with E-state index in [0.717, 1.165) is 18.0 Å². The summed E-state index contributed by atoms with van der Waals surface area (Å²) in [7, 11) is 1.99. The van der Waals surface area contributed by atoms with Crippen molar-refractivity contribution in [3.8, 4) is 11.5 Å². The molecule has 0 amide bonds. The van der Waals surface area contributed by atoms with Crippen LogP contribution in [-0.4, -0.2) is 26.8 Å². The monoisotopic (exact) mass is 265 g/mol. The van der Waals surface area contributed by atoms with E-state index in [-0.39, 0.29) is 0 Å². The fraction of sp³-hybridized carbons (Fsp3) is 0.625. The van der Waals surface area contributed by atoms with Gasteiger partial charge in [-0.05, 0) is 50.4 Å². The molecule has 0 bridgehead atoms. The van der Waals surface area contributed by atoms with Gasteiger partial charge in [-0.3, -0.25) is 0 Å². The molecule has 108 valence electrons. The lowest BCUT2D eigenvalue weighted by Gasteiger charge is -2.22. The van der Waals surface area contributed by atoms with Gasteiger partial charge in [0, 0.05) is 6.54 Å². The summed E-state index contributed by atoms with van der Waals surface area (Å²) in [5.41, 5.74) is 1.30. The summed E-state index contributed by atoms with van der Waals surface area (Å²) < 4.78 is 11.3. The minimum Gasteiger partial charge on any atom is -0.490 e. The van der Waals surface area contributed by atoms with Crippen molar-refractivity contribution in [2.75, 3.05) is 26.8 Å². The summed E-state index contributed by atoms with van der Waals surface area (Å²) in [5, 5.41) is 3.27. The van der Waals surface area contributed by atoms with E-state index in [2.05, 4.69) is 31.3 Å². The molecule has 0 aliphatic carbocycles. The molecule has 1 rings (SSSR count). The number of likely N-dealkylation sites (N-methyl/N-ethyl adjacent to an activating group) is 1. The van der Waals surface area contributed by atoms with Crippen molar-refractivity contribution in [2.45, 2.75) is 33.6 Å². The van der Waals surface area contributed by atoms with Crippen LogP contribution in [0.15, 0.2) is 18.2 Å². The van der Waals surface area contributed by atoms with Crippen molar-refractivity contribution < 1.29 is 9.47 Å². The highest BCUT2D eigenvalue weighted by Crippen LogP contribution is 2.33. The Morgan fingerprint density at radius 3 is 2.21 bits per heavy atom. The first-order chi connectivity index (χ1) is 9.13. The van der Waals surface area contributed by atoms with Gasteiger partial charge in [0.1, 0.15) is 0 Å². The number of benzene rings is 1. The molecule has 0 heterocycles. The number of rotatable bonds is 8. The zero-order valence-electron chi connectivity index (χ0n) is 12.8. The van der Waals surface area contributed by atoms with E-state index < -0.39 is 0 Å². The van der Waals surface area contributed by atoms with Crippen molar-refractivity contribution in [1.82, 2.24) is 5.32 Å². The SMILES string of the molecule is CCOc1ccc(C(CNC)C(C)C)cc1OCC. The first-order valence-electron chi connectivity index (χ1n) is 7.18. The number of ether oxygens (including phenoxy) is 2. The number of hydrogen-bond acceptors (Lipinski definition) is 3. The first kappa shape index (κ1) is 15.8. The van der Waals surface area contributed by atoms with Crippen LogP contribution in [0.1, 0.15) is 39.2 Å². The van der Waals surface area contributed by atoms with Crippen LogP contribution < -0.4 is 14.8 Å². The topological polar surface area (TPSA) is 30.5 Å². The van der Waals surface area contributed by atoms with E-state index in [9.17, 15) is 0 Å². The van der Waals surface area contributed by atoms with Crippen molar-refractivity contribution in [3.63, 3.8) is 0 Å². The van der Waals surface area contributed by atoms with E-state index in [1.54, 1.807) is 0 Å². The molecule has 0 aliphatic heterocycles. The molecule has 1 aromatic carbocycles. The molecule has 0 saturated heterocycles. The molecule has 0 fully saturated rings. The van der Waals surface area contributed by atoms with Gasteiger partial charge in [0.25, 0.3) is 0 Å². The highest BCUT2D eigenvalue weighted by Gasteiger charge is 2.17. The standard InChI is InChI=1S/C16H27NO2/c1-6-18-15-9-8-13(10-16(15)19-7-2)14(11-17-5)12(3)4/h8-10,12,14,17H,6-7,11H2,1-5H3. The number of hydrogen-bond donors (Lipinski definition) is 1. The third kappa shape index (κ3) is 4.43. The predicted molar refractivity (Wildman–Crippen MR) is 80.3 cm³/mol. The van der Waals surface area contributed by atoms with Gasteiger partial charge in [-0.15, -0.1) is 0 Å². The molecule has 0 aromatic heterocycles. The minimum atomic E-state index is 0.486. The van der Waals surface area contributed by atoms with Crippen molar-refractivity contribution in [1.29, 1.82) is 0 Å². The summed E-state index contributed by atoms with van der Waals surface area (Å²) in [4.78, 5) is 0. The minimum absolute atomic E-state index is 0.486. The fourth-order valence-corrected chi connectivity index (χ4v) is 2.26. The highest BCUT2D eigenvalue weighted by molar-refractivity contribution is 5.44. The third-order valence-corrected chi connectivity index (χ3v) is 3.22. The van der Waals surface area contributed by atoms with Crippen LogP contribution >= 0.6 is 0 Å². The van der Waals surface area contributed by atoms with Crippen LogP contribution in [0.4, 0.5) is 0 Å². The zero-order chi connectivity index (χ0) is 14.3. The van der Waals surface area contributed by atoms with Crippen molar-refractivity contribution >= 4 is 0 Å². The van der Waals surface area contributed by atoms with Gasteiger partial charge in [-0.25, -0.2) is 0 Å². The molecule has 1 N–H and O–H groups in total. The quantitative estimate of drug-likeness (QED) is 0.781. The lowest BCUT2D eigenvalue weighted by Crippen LogP contribution is -2.21. The smallest absolute Gasteiger partial charge is 0.161 e. The van der Waals surface area contributed by atoms with E-state index in [1.807, 2.05) is 27.0 Å². The van der Waals surface area contributed by atoms with Crippen LogP contribution in [0.2, 0.25) is 0 Å². The molecule has 3 nitrogen and oxygen atoms in total. The van der Waals surface area contributed by atoms with Crippen LogP contribution in [-0.2, 0) is 0 Å². The Labute approximate surface area is 117 Å². The molecule has 0 saturated carbocycles. The average molecular weight is 265 g/mol. The van der Waals surface area contributed by atoms with Crippen LogP contribution in [0.3, 0.4) is 0 Å². The molecule has 0 radical (unpaired) electrons. The molecule has 1 atom stereocenters. The normalized spacial score (nSPS) is 12.5. The summed E-state index contributed by atoms with van der Waals surface area (Å²) >= 11 is 0. The van der Waals surface area contributed by atoms with E-state index in [1.165, 1.54) is 5.56 Å². The van der Waals surface area contributed by atoms with Gasteiger partial charge >= 0.3 is 0 Å². The van der Waals surface area contributed by atoms with Crippen molar-refractivity contribution in [2.24, 2.45) is 5.92 Å². The van der Waals surface area contributed by atoms with Gasteiger partial charge in [-0.1, -0.05) is 19.9 Å². The molecule has 1 unspecified atom stereocenters. The largest absolute Gasteiger partial charge is 0.490 e. The first-order valence-corrected chi connectivity index (χ1v) is 7.18. The second-order valence-corrected chi connectivity index (χ2v) is 4.98. The van der Waals surface area contributed by atoms with Gasteiger partial charge in [-0.2, -0.15) is 0 Å². The van der Waals surface area contributed by atoms with Crippen LogP contribution in [0.5, 0.6) is 11.5 Å². The summed E-state index contributed by atoms with van der Waals surface area (Å²) in [6, 6.07) is 6.29. The molecular weight excluding hydrogens is 238 g/mol. The lowest BCUT2D eigenvalue weighted by atomic mass is 9.88. The lowest BCUT2D eigenvalue weighted by molar-refractivity contribution is 0.287. The maximum absolute atomic E-state index is 5.69. The number of nitrogens with one attached hydrogen (secondary N) is 1. The van der Waals surface area contributed by atoms with E-state index in [4.69, 9.17) is 9.47 Å². The summed E-state index contributed by atoms with van der Waals surface area (Å²) in [5.74, 6) is 2.75. The van der Waals surface area contributed by atoms with Crippen LogP contribution in [0.25, 0.3) is 0 Å². The molecule has 0 aliphatic rings. The Morgan fingerprint density at radius 2 is 1.68 bits per heavy atom.